The monoisotopic (exact) mass is 224 g/mol. The summed E-state index contributed by atoms with van der Waals surface area (Å²) in [6.07, 6.45) is 1.92. The van der Waals surface area contributed by atoms with Crippen LogP contribution in [0.1, 0.15) is 23.2 Å². The van der Waals surface area contributed by atoms with E-state index in [1.165, 1.54) is 12.1 Å². The first-order valence-corrected chi connectivity index (χ1v) is 6.30. The Morgan fingerprint density at radius 1 is 1.20 bits per heavy atom. The third kappa shape index (κ3) is 2.59. The molecule has 0 saturated carbocycles. The third-order valence-corrected chi connectivity index (χ3v) is 3.77. The van der Waals surface area contributed by atoms with Crippen molar-refractivity contribution in [3.63, 3.8) is 0 Å². The van der Waals surface area contributed by atoms with E-state index >= 15 is 0 Å². The summed E-state index contributed by atoms with van der Waals surface area (Å²) in [5, 5.41) is 0. The SMILES string of the molecule is O=C(c1ccc(F)cc1)C1CCSCC1. The molecule has 1 nitrogen and oxygen atoms in total. The second-order valence-corrected chi connectivity index (χ2v) is 4.98. The summed E-state index contributed by atoms with van der Waals surface area (Å²) >= 11 is 1.90. The van der Waals surface area contributed by atoms with E-state index in [-0.39, 0.29) is 17.5 Å². The van der Waals surface area contributed by atoms with E-state index in [0.29, 0.717) is 5.56 Å². The van der Waals surface area contributed by atoms with Crippen molar-refractivity contribution in [2.45, 2.75) is 12.8 Å². The first-order chi connectivity index (χ1) is 7.27. The number of halogens is 1. The molecule has 0 radical (unpaired) electrons. The van der Waals surface area contributed by atoms with E-state index < -0.39 is 0 Å². The van der Waals surface area contributed by atoms with Crippen molar-refractivity contribution in [1.82, 2.24) is 0 Å². The second kappa shape index (κ2) is 4.79. The number of Topliss-reactive ketones (excluding diaryl/α,β-unsaturated/α-hetero) is 1. The number of carbonyl (C=O) groups is 1. The molecule has 0 unspecified atom stereocenters. The molecule has 1 aliphatic heterocycles. The third-order valence-electron chi connectivity index (χ3n) is 2.72. The number of ketones is 1. The van der Waals surface area contributed by atoms with Crippen LogP contribution in [0.5, 0.6) is 0 Å². The number of thioether (sulfide) groups is 1. The quantitative estimate of drug-likeness (QED) is 0.718. The lowest BCUT2D eigenvalue weighted by molar-refractivity contribution is 0.0913. The molecule has 2 rings (SSSR count). The molecule has 0 aromatic heterocycles. The zero-order valence-electron chi connectivity index (χ0n) is 8.41. The highest BCUT2D eigenvalue weighted by atomic mass is 32.2. The summed E-state index contributed by atoms with van der Waals surface area (Å²) in [5.41, 5.74) is 0.647. The van der Waals surface area contributed by atoms with Gasteiger partial charge in [-0.2, -0.15) is 11.8 Å². The van der Waals surface area contributed by atoms with Gasteiger partial charge in [0.2, 0.25) is 0 Å². The van der Waals surface area contributed by atoms with Gasteiger partial charge < -0.3 is 0 Å². The molecule has 1 saturated heterocycles. The van der Waals surface area contributed by atoms with Gasteiger partial charge >= 0.3 is 0 Å². The van der Waals surface area contributed by atoms with Gasteiger partial charge in [0.05, 0.1) is 0 Å². The standard InChI is InChI=1S/C12H13FOS/c13-11-3-1-9(2-4-11)12(14)10-5-7-15-8-6-10/h1-4,10H,5-8H2. The van der Waals surface area contributed by atoms with E-state index in [1.807, 2.05) is 11.8 Å². The van der Waals surface area contributed by atoms with Crippen molar-refractivity contribution in [3.8, 4) is 0 Å². The molecule has 0 spiro atoms. The summed E-state index contributed by atoms with van der Waals surface area (Å²) in [6, 6.07) is 5.87. The molecule has 1 heterocycles. The van der Waals surface area contributed by atoms with Crippen LogP contribution in [-0.4, -0.2) is 17.3 Å². The highest BCUT2D eigenvalue weighted by molar-refractivity contribution is 7.99. The largest absolute Gasteiger partial charge is 0.294 e. The predicted octanol–water partition coefficient (Wildman–Crippen LogP) is 3.15. The molecule has 1 aliphatic rings. The van der Waals surface area contributed by atoms with Crippen LogP contribution in [-0.2, 0) is 0 Å². The van der Waals surface area contributed by atoms with Gasteiger partial charge in [0, 0.05) is 11.5 Å². The van der Waals surface area contributed by atoms with Crippen LogP contribution in [0, 0.1) is 11.7 Å². The fraction of sp³-hybridized carbons (Fsp3) is 0.417. The maximum atomic E-state index is 12.7. The average molecular weight is 224 g/mol. The molecule has 0 N–H and O–H groups in total. The fourth-order valence-electron chi connectivity index (χ4n) is 1.81. The molecule has 80 valence electrons. The summed E-state index contributed by atoms with van der Waals surface area (Å²) in [5.74, 6) is 2.17. The Bertz CT molecular complexity index is 341. The Kier molecular flexibility index (Phi) is 3.41. The Balaban J connectivity index is 2.09. The average Bonchev–Trinajstić information content (AvgIpc) is 2.30. The molecular weight excluding hydrogens is 211 g/mol. The molecule has 3 heteroatoms. The maximum Gasteiger partial charge on any atom is 0.166 e. The molecule has 15 heavy (non-hydrogen) atoms. The van der Waals surface area contributed by atoms with Gasteiger partial charge in [0.25, 0.3) is 0 Å². The smallest absolute Gasteiger partial charge is 0.166 e. The van der Waals surface area contributed by atoms with E-state index in [0.717, 1.165) is 24.3 Å². The number of benzene rings is 1. The lowest BCUT2D eigenvalue weighted by Gasteiger charge is -2.19. The molecule has 1 aromatic rings. The van der Waals surface area contributed by atoms with Crippen molar-refractivity contribution < 1.29 is 9.18 Å². The minimum Gasteiger partial charge on any atom is -0.294 e. The van der Waals surface area contributed by atoms with Crippen LogP contribution in [0.25, 0.3) is 0 Å². The van der Waals surface area contributed by atoms with Gasteiger partial charge in [0.15, 0.2) is 5.78 Å². The minimum absolute atomic E-state index is 0.150. The number of hydrogen-bond donors (Lipinski definition) is 0. The van der Waals surface area contributed by atoms with Crippen LogP contribution in [0.4, 0.5) is 4.39 Å². The van der Waals surface area contributed by atoms with Crippen molar-refractivity contribution in [1.29, 1.82) is 0 Å². The minimum atomic E-state index is -0.286. The number of carbonyl (C=O) groups excluding carboxylic acids is 1. The lowest BCUT2D eigenvalue weighted by Crippen LogP contribution is -2.19. The van der Waals surface area contributed by atoms with Crippen molar-refractivity contribution >= 4 is 17.5 Å². The van der Waals surface area contributed by atoms with Gasteiger partial charge in [-0.1, -0.05) is 0 Å². The second-order valence-electron chi connectivity index (χ2n) is 3.76. The van der Waals surface area contributed by atoms with Crippen LogP contribution in [0.15, 0.2) is 24.3 Å². The Morgan fingerprint density at radius 2 is 1.80 bits per heavy atom. The van der Waals surface area contributed by atoms with Crippen LogP contribution in [0.3, 0.4) is 0 Å². The van der Waals surface area contributed by atoms with E-state index in [4.69, 9.17) is 0 Å². The maximum absolute atomic E-state index is 12.7. The van der Waals surface area contributed by atoms with Gasteiger partial charge in [0.1, 0.15) is 5.82 Å². The van der Waals surface area contributed by atoms with Crippen molar-refractivity contribution in [2.24, 2.45) is 5.92 Å². The zero-order chi connectivity index (χ0) is 10.7. The highest BCUT2D eigenvalue weighted by Gasteiger charge is 2.22. The molecule has 0 bridgehead atoms. The number of hydrogen-bond acceptors (Lipinski definition) is 2. The fourth-order valence-corrected chi connectivity index (χ4v) is 2.92. The van der Waals surface area contributed by atoms with Gasteiger partial charge in [-0.05, 0) is 48.6 Å². The van der Waals surface area contributed by atoms with Gasteiger partial charge in [-0.15, -0.1) is 0 Å². The molecule has 1 aromatic carbocycles. The topological polar surface area (TPSA) is 17.1 Å². The van der Waals surface area contributed by atoms with E-state index in [1.54, 1.807) is 12.1 Å². The van der Waals surface area contributed by atoms with Gasteiger partial charge in [-0.3, -0.25) is 4.79 Å². The summed E-state index contributed by atoms with van der Waals surface area (Å²) in [6.45, 7) is 0. The Hall–Kier alpha value is -0.830. The zero-order valence-corrected chi connectivity index (χ0v) is 9.23. The molecule has 0 amide bonds. The molecule has 0 atom stereocenters. The lowest BCUT2D eigenvalue weighted by atomic mass is 9.93. The van der Waals surface area contributed by atoms with Gasteiger partial charge in [-0.25, -0.2) is 4.39 Å². The first-order valence-electron chi connectivity index (χ1n) is 5.15. The molecule has 1 fully saturated rings. The van der Waals surface area contributed by atoms with E-state index in [9.17, 15) is 9.18 Å². The summed E-state index contributed by atoms with van der Waals surface area (Å²) < 4.78 is 12.7. The predicted molar refractivity (Wildman–Crippen MR) is 60.8 cm³/mol. The summed E-state index contributed by atoms with van der Waals surface area (Å²) in [4.78, 5) is 12.0. The summed E-state index contributed by atoms with van der Waals surface area (Å²) in [7, 11) is 0. The Morgan fingerprint density at radius 3 is 2.40 bits per heavy atom. The molecule has 0 aliphatic carbocycles. The van der Waals surface area contributed by atoms with Crippen LogP contribution >= 0.6 is 11.8 Å². The number of rotatable bonds is 2. The first kappa shape index (κ1) is 10.7. The van der Waals surface area contributed by atoms with Crippen molar-refractivity contribution in [3.05, 3.63) is 35.6 Å². The van der Waals surface area contributed by atoms with Crippen LogP contribution in [0.2, 0.25) is 0 Å². The van der Waals surface area contributed by atoms with Crippen molar-refractivity contribution in [2.75, 3.05) is 11.5 Å². The highest BCUT2D eigenvalue weighted by Crippen LogP contribution is 2.25. The normalized spacial score (nSPS) is 17.7. The van der Waals surface area contributed by atoms with Crippen LogP contribution < -0.4 is 0 Å². The Labute approximate surface area is 93.1 Å². The van der Waals surface area contributed by atoms with E-state index in [2.05, 4.69) is 0 Å². The molecular formula is C12H13FOS.